The molecule has 3 amide bonds. The van der Waals surface area contributed by atoms with Gasteiger partial charge in [0.1, 0.15) is 22.2 Å². The van der Waals surface area contributed by atoms with Gasteiger partial charge in [0.25, 0.3) is 17.7 Å². The average molecular weight is 512 g/mol. The molecule has 0 aromatic heterocycles. The second-order valence-electron chi connectivity index (χ2n) is 7.33. The molecule has 0 unspecified atom stereocenters. The van der Waals surface area contributed by atoms with Crippen LogP contribution in [0.5, 0.6) is 11.5 Å². The molecule has 0 saturated heterocycles. The zero-order chi connectivity index (χ0) is 25.1. The highest BCUT2D eigenvalue weighted by molar-refractivity contribution is 6.53. The number of hydrogen-bond acceptors (Lipinski definition) is 6. The molecule has 3 aromatic carbocycles. The first-order valence-corrected chi connectivity index (χ1v) is 11.0. The van der Waals surface area contributed by atoms with Crippen LogP contribution in [0.4, 0.5) is 17.1 Å². The van der Waals surface area contributed by atoms with Gasteiger partial charge in [-0.1, -0.05) is 23.2 Å². The normalized spacial score (nSPS) is 13.2. The number of hydrogen-bond donors (Lipinski definition) is 2. The fraction of sp³-hybridized carbons (Fsp3) is 0.0800. The van der Waals surface area contributed by atoms with Crippen LogP contribution in [0.15, 0.2) is 77.5 Å². The first kappa shape index (κ1) is 24.1. The van der Waals surface area contributed by atoms with Crippen molar-refractivity contribution in [3.8, 4) is 11.5 Å². The minimum atomic E-state index is -0.647. The summed E-state index contributed by atoms with van der Waals surface area (Å²) in [5, 5.41) is 5.89. The molecule has 0 atom stereocenters. The molecule has 35 heavy (non-hydrogen) atoms. The van der Waals surface area contributed by atoms with Gasteiger partial charge in [0.15, 0.2) is 0 Å². The van der Waals surface area contributed by atoms with Gasteiger partial charge in [-0.25, -0.2) is 4.90 Å². The summed E-state index contributed by atoms with van der Waals surface area (Å²) in [5.41, 5.74) is 1.60. The average Bonchev–Trinajstić information content (AvgIpc) is 3.08. The Bertz CT molecular complexity index is 1340. The van der Waals surface area contributed by atoms with Crippen molar-refractivity contribution >= 4 is 58.0 Å². The van der Waals surface area contributed by atoms with Gasteiger partial charge in [-0.2, -0.15) is 0 Å². The quantitative estimate of drug-likeness (QED) is 0.431. The van der Waals surface area contributed by atoms with Gasteiger partial charge in [-0.05, 0) is 60.7 Å². The number of anilines is 3. The van der Waals surface area contributed by atoms with E-state index in [0.717, 1.165) is 4.90 Å². The van der Waals surface area contributed by atoms with E-state index in [2.05, 4.69) is 10.6 Å². The van der Waals surface area contributed by atoms with Gasteiger partial charge < -0.3 is 20.1 Å². The molecule has 0 aliphatic carbocycles. The van der Waals surface area contributed by atoms with E-state index in [1.807, 2.05) is 0 Å². The predicted molar refractivity (Wildman–Crippen MR) is 134 cm³/mol. The summed E-state index contributed by atoms with van der Waals surface area (Å²) in [4.78, 5) is 39.1. The third kappa shape index (κ3) is 4.94. The number of amides is 3. The molecule has 10 heteroatoms. The summed E-state index contributed by atoms with van der Waals surface area (Å²) in [7, 11) is 3.03. The zero-order valence-electron chi connectivity index (χ0n) is 18.6. The highest BCUT2D eigenvalue weighted by Gasteiger charge is 2.38. The summed E-state index contributed by atoms with van der Waals surface area (Å²) in [5.74, 6) is -0.565. The van der Waals surface area contributed by atoms with E-state index in [4.69, 9.17) is 32.7 Å². The first-order chi connectivity index (χ1) is 16.8. The maximum absolute atomic E-state index is 12.9. The van der Waals surface area contributed by atoms with Crippen LogP contribution in [0.25, 0.3) is 0 Å². The number of rotatable bonds is 7. The number of nitrogens with one attached hydrogen (secondary N) is 2. The number of nitrogens with zero attached hydrogens (tertiary/aromatic N) is 1. The maximum Gasteiger partial charge on any atom is 0.283 e. The molecule has 178 valence electrons. The number of carbonyl (C=O) groups is 3. The van der Waals surface area contributed by atoms with E-state index >= 15 is 0 Å². The van der Waals surface area contributed by atoms with E-state index < -0.39 is 11.8 Å². The van der Waals surface area contributed by atoms with Crippen molar-refractivity contribution in [1.29, 1.82) is 0 Å². The summed E-state index contributed by atoms with van der Waals surface area (Å²) >= 11 is 12.1. The number of carbonyl (C=O) groups excluding carboxylic acids is 3. The Morgan fingerprint density at radius 2 is 1.54 bits per heavy atom. The molecule has 0 fully saturated rings. The lowest BCUT2D eigenvalue weighted by Crippen LogP contribution is -2.32. The zero-order valence-corrected chi connectivity index (χ0v) is 20.1. The molecule has 8 nitrogen and oxygen atoms in total. The molecule has 2 N–H and O–H groups in total. The molecule has 0 bridgehead atoms. The van der Waals surface area contributed by atoms with Crippen molar-refractivity contribution in [2.75, 3.05) is 29.8 Å². The molecule has 4 rings (SSSR count). The van der Waals surface area contributed by atoms with Gasteiger partial charge in [0.2, 0.25) is 0 Å². The van der Waals surface area contributed by atoms with Gasteiger partial charge in [0, 0.05) is 22.3 Å². The largest absolute Gasteiger partial charge is 0.497 e. The topological polar surface area (TPSA) is 97.0 Å². The van der Waals surface area contributed by atoms with Crippen LogP contribution in [0.1, 0.15) is 10.4 Å². The van der Waals surface area contributed by atoms with Crippen LogP contribution >= 0.6 is 23.2 Å². The molecule has 1 heterocycles. The molecular formula is C25H19Cl2N3O5. The number of ether oxygens (including phenoxy) is 2. The second-order valence-corrected chi connectivity index (χ2v) is 8.15. The second kappa shape index (κ2) is 10.1. The van der Waals surface area contributed by atoms with Crippen LogP contribution in [0.2, 0.25) is 5.02 Å². The van der Waals surface area contributed by atoms with Crippen molar-refractivity contribution in [2.45, 2.75) is 0 Å². The first-order valence-electron chi connectivity index (χ1n) is 10.3. The summed E-state index contributed by atoms with van der Waals surface area (Å²) in [6.07, 6.45) is 0. The molecule has 0 saturated carbocycles. The van der Waals surface area contributed by atoms with Crippen molar-refractivity contribution in [2.24, 2.45) is 0 Å². The summed E-state index contributed by atoms with van der Waals surface area (Å²) in [6.45, 7) is 0. The van der Waals surface area contributed by atoms with Crippen LogP contribution in [-0.4, -0.2) is 31.9 Å². The van der Waals surface area contributed by atoms with Crippen molar-refractivity contribution in [3.05, 3.63) is 88.0 Å². The molecule has 0 spiro atoms. The molecule has 3 aromatic rings. The maximum atomic E-state index is 12.9. The number of benzene rings is 3. The van der Waals surface area contributed by atoms with Gasteiger partial charge in [-0.15, -0.1) is 0 Å². The van der Waals surface area contributed by atoms with E-state index in [1.165, 1.54) is 14.2 Å². The highest BCUT2D eigenvalue weighted by Crippen LogP contribution is 2.31. The minimum absolute atomic E-state index is 0.0632. The summed E-state index contributed by atoms with van der Waals surface area (Å²) in [6, 6.07) is 17.6. The number of methoxy groups -OCH3 is 2. The standard InChI is InChI=1S/C25H19Cl2N3O5/c1-34-18-11-12-19(20(13-18)35-2)29-23(31)14-3-7-16(8-4-14)28-22-21(27)24(32)30(25(22)33)17-9-5-15(26)6-10-17/h3-13,28H,1-2H3,(H,29,31). The summed E-state index contributed by atoms with van der Waals surface area (Å²) < 4.78 is 10.5. The number of imide groups is 1. The van der Waals surface area contributed by atoms with Crippen LogP contribution < -0.4 is 25.0 Å². The van der Waals surface area contributed by atoms with Crippen LogP contribution in [-0.2, 0) is 9.59 Å². The van der Waals surface area contributed by atoms with Crippen LogP contribution in [0, 0.1) is 0 Å². The Labute approximate surface area is 211 Å². The highest BCUT2D eigenvalue weighted by atomic mass is 35.5. The van der Waals surface area contributed by atoms with Crippen molar-refractivity contribution in [3.63, 3.8) is 0 Å². The van der Waals surface area contributed by atoms with E-state index in [1.54, 1.807) is 66.7 Å². The lowest BCUT2D eigenvalue weighted by molar-refractivity contribution is -0.120. The fourth-order valence-corrected chi connectivity index (χ4v) is 3.72. The van der Waals surface area contributed by atoms with Gasteiger partial charge in [-0.3, -0.25) is 14.4 Å². The third-order valence-electron chi connectivity index (χ3n) is 5.19. The molecule has 1 aliphatic heterocycles. The molecule has 1 aliphatic rings. The Morgan fingerprint density at radius 3 is 2.17 bits per heavy atom. The van der Waals surface area contributed by atoms with Gasteiger partial charge >= 0.3 is 0 Å². The third-order valence-corrected chi connectivity index (χ3v) is 5.79. The predicted octanol–water partition coefficient (Wildman–Crippen LogP) is 5.05. The minimum Gasteiger partial charge on any atom is -0.497 e. The van der Waals surface area contributed by atoms with E-state index in [-0.39, 0.29) is 16.6 Å². The Balaban J connectivity index is 1.47. The van der Waals surface area contributed by atoms with Crippen molar-refractivity contribution < 1.29 is 23.9 Å². The lowest BCUT2D eigenvalue weighted by atomic mass is 10.1. The van der Waals surface area contributed by atoms with Crippen molar-refractivity contribution in [1.82, 2.24) is 0 Å². The van der Waals surface area contributed by atoms with Gasteiger partial charge in [0.05, 0.1) is 25.6 Å². The number of halogens is 2. The molecule has 0 radical (unpaired) electrons. The van der Waals surface area contributed by atoms with E-state index in [9.17, 15) is 14.4 Å². The van der Waals surface area contributed by atoms with Crippen LogP contribution in [0.3, 0.4) is 0 Å². The molecular weight excluding hydrogens is 493 g/mol. The smallest absolute Gasteiger partial charge is 0.283 e. The monoisotopic (exact) mass is 511 g/mol. The fourth-order valence-electron chi connectivity index (χ4n) is 3.38. The lowest BCUT2D eigenvalue weighted by Gasteiger charge is -2.15. The Hall–Kier alpha value is -4.01. The SMILES string of the molecule is COc1ccc(NC(=O)c2ccc(NC3=C(Cl)C(=O)N(c4ccc(Cl)cc4)C3=O)cc2)c(OC)c1. The van der Waals surface area contributed by atoms with E-state index in [0.29, 0.717) is 39.1 Å². The Morgan fingerprint density at radius 1 is 0.857 bits per heavy atom. The Kier molecular flexibility index (Phi) is 6.95.